The minimum absolute atomic E-state index is 0.143. The van der Waals surface area contributed by atoms with Crippen molar-refractivity contribution in [3.8, 4) is 0 Å². The van der Waals surface area contributed by atoms with Crippen LogP contribution in [-0.2, 0) is 12.1 Å². The lowest BCUT2D eigenvalue weighted by atomic mass is 9.84. The van der Waals surface area contributed by atoms with Gasteiger partial charge in [-0.05, 0) is 50.2 Å². The molecule has 1 atom stereocenters. The third-order valence-corrected chi connectivity index (χ3v) is 4.68. The van der Waals surface area contributed by atoms with Crippen molar-refractivity contribution in [1.29, 1.82) is 0 Å². The summed E-state index contributed by atoms with van der Waals surface area (Å²) in [5, 5.41) is 0. The van der Waals surface area contributed by atoms with Gasteiger partial charge in [-0.3, -0.25) is 0 Å². The Bertz CT molecular complexity index is 684. The molecule has 0 aliphatic rings. The molecule has 0 N–H and O–H groups in total. The SMILES string of the molecule is FC(F)(F)C(F)(F)C(F)(c1cc(I)[c]c(Br)c1CC(Cl)(Cl)Cl)C(F)(F)F. The summed E-state index contributed by atoms with van der Waals surface area (Å²) >= 11 is 20.1. The molecule has 0 saturated carbocycles. The van der Waals surface area contributed by atoms with Crippen molar-refractivity contribution in [2.75, 3.05) is 0 Å². The number of rotatable bonds is 3. The zero-order chi connectivity index (χ0) is 20.9. The zero-order valence-corrected chi connectivity index (χ0v) is 17.6. The first kappa shape index (κ1) is 24.7. The van der Waals surface area contributed by atoms with Crippen LogP contribution < -0.4 is 0 Å². The molecule has 0 aromatic heterocycles. The van der Waals surface area contributed by atoms with Crippen LogP contribution in [0.3, 0.4) is 0 Å². The number of benzene rings is 1. The minimum atomic E-state index is -6.86. The average Bonchev–Trinajstić information content (AvgIpc) is 2.36. The second kappa shape index (κ2) is 7.49. The largest absolute Gasteiger partial charge is 0.457 e. The van der Waals surface area contributed by atoms with E-state index in [2.05, 4.69) is 22.0 Å². The van der Waals surface area contributed by atoms with Gasteiger partial charge in [-0.15, -0.1) is 0 Å². The van der Waals surface area contributed by atoms with Crippen molar-refractivity contribution in [1.82, 2.24) is 0 Å². The Kier molecular flexibility index (Phi) is 7.12. The summed E-state index contributed by atoms with van der Waals surface area (Å²) < 4.78 is 116. The molecule has 0 spiro atoms. The summed E-state index contributed by atoms with van der Waals surface area (Å²) in [6, 6.07) is 2.43. The Balaban J connectivity index is 3.97. The molecule has 1 aromatic carbocycles. The molecule has 149 valence electrons. The topological polar surface area (TPSA) is 0 Å². The van der Waals surface area contributed by atoms with Gasteiger partial charge in [0.25, 0.3) is 0 Å². The maximum Gasteiger partial charge on any atom is 0.457 e. The molecule has 0 nitrogen and oxygen atoms in total. The van der Waals surface area contributed by atoms with E-state index in [0.29, 0.717) is 0 Å². The van der Waals surface area contributed by atoms with Crippen LogP contribution >= 0.6 is 73.3 Å². The highest BCUT2D eigenvalue weighted by Crippen LogP contribution is 2.59. The predicted octanol–water partition coefficient (Wildman–Crippen LogP) is 7.69. The lowest BCUT2D eigenvalue weighted by Crippen LogP contribution is -2.60. The Hall–Kier alpha value is 0.670. The van der Waals surface area contributed by atoms with E-state index in [9.17, 15) is 39.5 Å². The van der Waals surface area contributed by atoms with Crippen molar-refractivity contribution in [3.63, 3.8) is 0 Å². The number of alkyl halides is 12. The van der Waals surface area contributed by atoms with Crippen LogP contribution in [0.15, 0.2) is 10.5 Å². The highest BCUT2D eigenvalue weighted by Gasteiger charge is 2.82. The lowest BCUT2D eigenvalue weighted by molar-refractivity contribution is -0.389. The first-order chi connectivity index (χ1) is 11.3. The molecule has 1 unspecified atom stereocenters. The molecule has 0 aliphatic heterocycles. The molecule has 0 saturated heterocycles. The summed E-state index contributed by atoms with van der Waals surface area (Å²) in [4.78, 5) is 0. The molecule has 0 fully saturated rings. The van der Waals surface area contributed by atoms with Crippen LogP contribution in [0.5, 0.6) is 0 Å². The van der Waals surface area contributed by atoms with E-state index in [-0.39, 0.29) is 9.64 Å². The van der Waals surface area contributed by atoms with Crippen LogP contribution in [0.2, 0.25) is 0 Å². The molecule has 0 bridgehead atoms. The molecule has 0 aliphatic carbocycles. The fourth-order valence-electron chi connectivity index (χ4n) is 1.92. The van der Waals surface area contributed by atoms with Crippen molar-refractivity contribution < 1.29 is 39.5 Å². The van der Waals surface area contributed by atoms with Crippen LogP contribution in [0.4, 0.5) is 39.5 Å². The zero-order valence-electron chi connectivity index (χ0n) is 11.6. The molecule has 1 rings (SSSR count). The van der Waals surface area contributed by atoms with E-state index in [1.807, 2.05) is 0 Å². The molecule has 26 heavy (non-hydrogen) atoms. The van der Waals surface area contributed by atoms with E-state index in [1.165, 1.54) is 22.6 Å². The van der Waals surface area contributed by atoms with Crippen molar-refractivity contribution in [2.24, 2.45) is 0 Å². The Labute approximate surface area is 177 Å². The fourth-order valence-corrected chi connectivity index (χ4v) is 3.84. The minimum Gasteiger partial charge on any atom is -0.221 e. The molecule has 0 amide bonds. The van der Waals surface area contributed by atoms with E-state index in [4.69, 9.17) is 34.8 Å². The summed E-state index contributed by atoms with van der Waals surface area (Å²) in [6.07, 6.45) is -14.6. The maximum absolute atomic E-state index is 14.7. The first-order valence-electron chi connectivity index (χ1n) is 5.93. The molecular formula is C12H3BrCl3F9I. The van der Waals surface area contributed by atoms with Crippen molar-refractivity contribution in [3.05, 3.63) is 31.3 Å². The van der Waals surface area contributed by atoms with E-state index in [0.717, 1.165) is 0 Å². The van der Waals surface area contributed by atoms with Crippen molar-refractivity contribution in [2.45, 2.75) is 34.2 Å². The van der Waals surface area contributed by atoms with Crippen LogP contribution in [0.25, 0.3) is 0 Å². The quantitative estimate of drug-likeness (QED) is 0.182. The van der Waals surface area contributed by atoms with Crippen LogP contribution in [0.1, 0.15) is 11.1 Å². The third kappa shape index (κ3) is 4.62. The molecule has 0 heterocycles. The second-order valence-corrected chi connectivity index (χ2v) is 9.32. The summed E-state index contributed by atoms with van der Waals surface area (Å²) in [7, 11) is 0. The molecular weight excluding hydrogens is 628 g/mol. The lowest BCUT2D eigenvalue weighted by Gasteiger charge is -2.37. The smallest absolute Gasteiger partial charge is 0.221 e. The molecule has 1 radical (unpaired) electrons. The summed E-state index contributed by atoms with van der Waals surface area (Å²) in [5.41, 5.74) is -9.22. The molecule has 1 aromatic rings. The number of hydrogen-bond acceptors (Lipinski definition) is 0. The van der Waals surface area contributed by atoms with Gasteiger partial charge in [-0.1, -0.05) is 34.8 Å². The standard InChI is InChI=1S/C12H3BrCl3F9I/c13-7-2-4(26)1-6(5(7)3-8(14,15)16)9(17,11(20,21)22)10(18,19)12(23,24)25/h1H,3H2. The van der Waals surface area contributed by atoms with E-state index >= 15 is 0 Å². The van der Waals surface area contributed by atoms with Crippen molar-refractivity contribution >= 4 is 73.3 Å². The van der Waals surface area contributed by atoms with Gasteiger partial charge in [0.1, 0.15) is 0 Å². The Morgan fingerprint density at radius 3 is 1.73 bits per heavy atom. The highest BCUT2D eigenvalue weighted by atomic mass is 127. The molecule has 14 heteroatoms. The highest BCUT2D eigenvalue weighted by molar-refractivity contribution is 14.1. The third-order valence-electron chi connectivity index (χ3n) is 3.02. The first-order valence-corrected chi connectivity index (χ1v) is 8.94. The predicted molar refractivity (Wildman–Crippen MR) is 89.5 cm³/mol. The van der Waals surface area contributed by atoms with Gasteiger partial charge in [0, 0.05) is 26.1 Å². The number of halogens is 14. The van der Waals surface area contributed by atoms with Crippen LogP contribution in [0, 0.1) is 9.64 Å². The Morgan fingerprint density at radius 1 is 0.923 bits per heavy atom. The average molecular weight is 631 g/mol. The van der Waals surface area contributed by atoms with Gasteiger partial charge in [-0.25, -0.2) is 4.39 Å². The fraction of sp³-hybridized carbons (Fsp3) is 0.500. The second-order valence-electron chi connectivity index (χ2n) is 4.84. The van der Waals surface area contributed by atoms with Gasteiger partial charge < -0.3 is 0 Å². The van der Waals surface area contributed by atoms with Gasteiger partial charge in [0.05, 0.1) is 0 Å². The Morgan fingerprint density at radius 2 is 1.38 bits per heavy atom. The van der Waals surface area contributed by atoms with Gasteiger partial charge in [-0.2, -0.15) is 35.1 Å². The summed E-state index contributed by atoms with van der Waals surface area (Å²) in [6.45, 7) is 0. The monoisotopic (exact) mass is 629 g/mol. The maximum atomic E-state index is 14.7. The van der Waals surface area contributed by atoms with E-state index in [1.54, 1.807) is 0 Å². The summed E-state index contributed by atoms with van der Waals surface area (Å²) in [5.74, 6) is -6.83. The normalized spacial score (nSPS) is 16.5. The van der Waals surface area contributed by atoms with Gasteiger partial charge >= 0.3 is 23.9 Å². The number of hydrogen-bond donors (Lipinski definition) is 0. The van der Waals surface area contributed by atoms with Gasteiger partial charge in [0.15, 0.2) is 3.79 Å². The van der Waals surface area contributed by atoms with Crippen LogP contribution in [-0.4, -0.2) is 22.1 Å². The van der Waals surface area contributed by atoms with E-state index < -0.39 is 49.8 Å². The van der Waals surface area contributed by atoms with Gasteiger partial charge in [0.2, 0.25) is 0 Å².